The van der Waals surface area contributed by atoms with Gasteiger partial charge >= 0.3 is 0 Å². The second-order valence-electron chi connectivity index (χ2n) is 4.98. The Kier molecular flexibility index (Phi) is 4.12. The molecule has 5 nitrogen and oxygen atoms in total. The molecule has 2 unspecified atom stereocenters. The van der Waals surface area contributed by atoms with Gasteiger partial charge in [0.25, 0.3) is 0 Å². The Morgan fingerprint density at radius 3 is 2.94 bits per heavy atom. The number of aromatic nitrogens is 2. The Morgan fingerprint density at radius 2 is 2.29 bits per heavy atom. The molecule has 0 radical (unpaired) electrons. The summed E-state index contributed by atoms with van der Waals surface area (Å²) in [5.74, 6) is 1.68. The molecule has 2 atom stereocenters. The van der Waals surface area contributed by atoms with Gasteiger partial charge in [0.05, 0.1) is 19.1 Å². The van der Waals surface area contributed by atoms with Gasteiger partial charge in [-0.3, -0.25) is 0 Å². The second-order valence-corrected chi connectivity index (χ2v) is 4.98. The summed E-state index contributed by atoms with van der Waals surface area (Å²) < 4.78 is 10.6. The van der Waals surface area contributed by atoms with Crippen molar-refractivity contribution in [3.8, 4) is 0 Å². The lowest BCUT2D eigenvalue weighted by Gasteiger charge is -2.18. The van der Waals surface area contributed by atoms with E-state index in [4.69, 9.17) is 9.26 Å². The molecule has 17 heavy (non-hydrogen) atoms. The van der Waals surface area contributed by atoms with Crippen molar-refractivity contribution < 1.29 is 14.4 Å². The average Bonchev–Trinajstić information content (AvgIpc) is 2.78. The first-order valence-electron chi connectivity index (χ1n) is 6.25. The first-order chi connectivity index (χ1) is 8.16. The first-order valence-corrected chi connectivity index (χ1v) is 6.25. The van der Waals surface area contributed by atoms with Crippen molar-refractivity contribution in [2.45, 2.75) is 45.1 Å². The SMILES string of the molecule is CC(C)C(O)Cc1nc(C2CCCOC2)no1. The predicted molar refractivity (Wildman–Crippen MR) is 61.6 cm³/mol. The number of rotatable bonds is 4. The summed E-state index contributed by atoms with van der Waals surface area (Å²) in [7, 11) is 0. The van der Waals surface area contributed by atoms with Gasteiger partial charge in [0, 0.05) is 12.5 Å². The highest BCUT2D eigenvalue weighted by Gasteiger charge is 2.22. The van der Waals surface area contributed by atoms with Crippen LogP contribution in [-0.4, -0.2) is 34.6 Å². The van der Waals surface area contributed by atoms with Crippen molar-refractivity contribution in [2.75, 3.05) is 13.2 Å². The number of aliphatic hydroxyl groups is 1. The van der Waals surface area contributed by atoms with E-state index >= 15 is 0 Å². The van der Waals surface area contributed by atoms with Gasteiger partial charge in [-0.1, -0.05) is 19.0 Å². The summed E-state index contributed by atoms with van der Waals surface area (Å²) in [6, 6.07) is 0. The quantitative estimate of drug-likeness (QED) is 0.864. The van der Waals surface area contributed by atoms with Gasteiger partial charge in [-0.2, -0.15) is 4.98 Å². The van der Waals surface area contributed by atoms with Crippen molar-refractivity contribution >= 4 is 0 Å². The van der Waals surface area contributed by atoms with Crippen molar-refractivity contribution in [3.63, 3.8) is 0 Å². The molecular weight excluding hydrogens is 220 g/mol. The van der Waals surface area contributed by atoms with Gasteiger partial charge in [-0.25, -0.2) is 0 Å². The lowest BCUT2D eigenvalue weighted by atomic mass is 10.0. The van der Waals surface area contributed by atoms with Crippen LogP contribution in [0.2, 0.25) is 0 Å². The van der Waals surface area contributed by atoms with Crippen LogP contribution in [0.3, 0.4) is 0 Å². The van der Waals surface area contributed by atoms with Gasteiger partial charge in [0.15, 0.2) is 5.82 Å². The Morgan fingerprint density at radius 1 is 1.47 bits per heavy atom. The van der Waals surface area contributed by atoms with Crippen LogP contribution in [-0.2, 0) is 11.2 Å². The molecule has 0 spiro atoms. The van der Waals surface area contributed by atoms with Crippen LogP contribution in [0.5, 0.6) is 0 Å². The van der Waals surface area contributed by atoms with Crippen molar-refractivity contribution in [2.24, 2.45) is 5.92 Å². The summed E-state index contributed by atoms with van der Waals surface area (Å²) >= 11 is 0. The average molecular weight is 240 g/mol. The minimum atomic E-state index is -0.425. The molecule has 1 aromatic rings. The molecule has 0 aromatic carbocycles. The van der Waals surface area contributed by atoms with E-state index in [1.165, 1.54) is 0 Å². The Labute approximate surface area is 101 Å². The highest BCUT2D eigenvalue weighted by molar-refractivity contribution is 4.97. The zero-order valence-electron chi connectivity index (χ0n) is 10.4. The minimum absolute atomic E-state index is 0.198. The van der Waals surface area contributed by atoms with E-state index in [0.29, 0.717) is 18.9 Å². The van der Waals surface area contributed by atoms with Crippen LogP contribution in [0.1, 0.15) is 44.3 Å². The van der Waals surface area contributed by atoms with Crippen LogP contribution < -0.4 is 0 Å². The molecule has 0 bridgehead atoms. The highest BCUT2D eigenvalue weighted by atomic mass is 16.5. The first kappa shape index (κ1) is 12.5. The molecule has 5 heteroatoms. The Hall–Kier alpha value is -0.940. The second kappa shape index (κ2) is 5.60. The van der Waals surface area contributed by atoms with E-state index in [1.54, 1.807) is 0 Å². The number of hydrogen-bond donors (Lipinski definition) is 1. The van der Waals surface area contributed by atoms with Crippen molar-refractivity contribution in [1.82, 2.24) is 10.1 Å². The van der Waals surface area contributed by atoms with Crippen LogP contribution in [0.4, 0.5) is 0 Å². The fraction of sp³-hybridized carbons (Fsp3) is 0.833. The molecule has 0 aliphatic carbocycles. The number of nitrogens with zero attached hydrogens (tertiary/aromatic N) is 2. The van der Waals surface area contributed by atoms with Crippen LogP contribution in [0, 0.1) is 5.92 Å². The summed E-state index contributed by atoms with van der Waals surface area (Å²) in [6.45, 7) is 5.44. The standard InChI is InChI=1S/C12H20N2O3/c1-8(2)10(15)6-11-13-12(14-17-11)9-4-3-5-16-7-9/h8-10,15H,3-7H2,1-2H3. The van der Waals surface area contributed by atoms with Gasteiger partial charge < -0.3 is 14.4 Å². The third-order valence-electron chi connectivity index (χ3n) is 3.16. The number of ether oxygens (including phenoxy) is 1. The summed E-state index contributed by atoms with van der Waals surface area (Å²) in [6.07, 6.45) is 2.10. The lowest BCUT2D eigenvalue weighted by molar-refractivity contribution is 0.0773. The normalized spacial score (nSPS) is 22.9. The van der Waals surface area contributed by atoms with E-state index in [-0.39, 0.29) is 11.8 Å². The monoisotopic (exact) mass is 240 g/mol. The highest BCUT2D eigenvalue weighted by Crippen LogP contribution is 2.23. The molecule has 2 heterocycles. The van der Waals surface area contributed by atoms with Crippen molar-refractivity contribution in [1.29, 1.82) is 0 Å². The topological polar surface area (TPSA) is 68.4 Å². The summed E-state index contributed by atoms with van der Waals surface area (Å²) in [5, 5.41) is 13.7. The van der Waals surface area contributed by atoms with E-state index in [9.17, 15) is 5.11 Å². The fourth-order valence-corrected chi connectivity index (χ4v) is 1.88. The largest absolute Gasteiger partial charge is 0.392 e. The Bertz CT molecular complexity index is 345. The van der Waals surface area contributed by atoms with E-state index in [1.807, 2.05) is 13.8 Å². The van der Waals surface area contributed by atoms with Crippen LogP contribution in [0.25, 0.3) is 0 Å². The molecule has 0 saturated carbocycles. The Balaban J connectivity index is 1.95. The third-order valence-corrected chi connectivity index (χ3v) is 3.16. The predicted octanol–water partition coefficient (Wildman–Crippen LogP) is 1.52. The number of aliphatic hydroxyl groups excluding tert-OH is 1. The molecule has 0 amide bonds. The molecule has 96 valence electrons. The molecule has 1 fully saturated rings. The molecular formula is C12H20N2O3. The van der Waals surface area contributed by atoms with Gasteiger partial charge in [-0.15, -0.1) is 0 Å². The van der Waals surface area contributed by atoms with E-state index in [2.05, 4.69) is 10.1 Å². The van der Waals surface area contributed by atoms with E-state index in [0.717, 1.165) is 25.3 Å². The van der Waals surface area contributed by atoms with E-state index < -0.39 is 6.10 Å². The van der Waals surface area contributed by atoms with Gasteiger partial charge in [-0.05, 0) is 18.8 Å². The zero-order valence-corrected chi connectivity index (χ0v) is 10.4. The fourth-order valence-electron chi connectivity index (χ4n) is 1.88. The summed E-state index contributed by atoms with van der Waals surface area (Å²) in [4.78, 5) is 4.34. The van der Waals surface area contributed by atoms with Crippen molar-refractivity contribution in [3.05, 3.63) is 11.7 Å². The molecule has 2 rings (SSSR count). The minimum Gasteiger partial charge on any atom is -0.392 e. The van der Waals surface area contributed by atoms with Crippen LogP contribution >= 0.6 is 0 Å². The number of hydrogen-bond acceptors (Lipinski definition) is 5. The lowest BCUT2D eigenvalue weighted by Crippen LogP contribution is -2.18. The van der Waals surface area contributed by atoms with Crippen LogP contribution in [0.15, 0.2) is 4.52 Å². The third kappa shape index (κ3) is 3.26. The molecule has 1 aliphatic rings. The molecule has 1 aromatic heterocycles. The maximum atomic E-state index is 9.75. The smallest absolute Gasteiger partial charge is 0.229 e. The molecule has 1 saturated heterocycles. The zero-order chi connectivity index (χ0) is 12.3. The molecule has 1 N–H and O–H groups in total. The van der Waals surface area contributed by atoms with Gasteiger partial charge in [0.2, 0.25) is 5.89 Å². The maximum absolute atomic E-state index is 9.75. The summed E-state index contributed by atoms with van der Waals surface area (Å²) in [5.41, 5.74) is 0. The molecule has 1 aliphatic heterocycles. The maximum Gasteiger partial charge on any atom is 0.229 e. The van der Waals surface area contributed by atoms with Gasteiger partial charge in [0.1, 0.15) is 0 Å².